The molecule has 0 spiro atoms. The second-order valence-electron chi connectivity index (χ2n) is 4.22. The summed E-state index contributed by atoms with van der Waals surface area (Å²) in [5, 5.41) is 0. The summed E-state index contributed by atoms with van der Waals surface area (Å²) in [4.78, 5) is 15.6. The molecule has 1 heterocycles. The molecule has 0 unspecified atom stereocenters. The SMILES string of the molecule is CCOC(=O)CCCn1ccnc1-c1ccccc1. The van der Waals surface area contributed by atoms with E-state index in [1.54, 1.807) is 6.20 Å². The maximum Gasteiger partial charge on any atom is 0.305 e. The minimum Gasteiger partial charge on any atom is -0.466 e. The standard InChI is InChI=1S/C15H18N2O2/c1-2-19-14(18)9-6-11-17-12-10-16-15(17)13-7-4-3-5-8-13/h3-5,7-8,10,12H,2,6,9,11H2,1H3. The highest BCUT2D eigenvalue weighted by Gasteiger charge is 2.06. The number of hydrogen-bond donors (Lipinski definition) is 0. The summed E-state index contributed by atoms with van der Waals surface area (Å²) in [5.41, 5.74) is 1.09. The molecule has 100 valence electrons. The lowest BCUT2D eigenvalue weighted by Gasteiger charge is -2.07. The zero-order valence-corrected chi connectivity index (χ0v) is 11.1. The average Bonchev–Trinajstić information content (AvgIpc) is 2.88. The maximum absolute atomic E-state index is 11.3. The topological polar surface area (TPSA) is 44.1 Å². The van der Waals surface area contributed by atoms with Gasteiger partial charge in [-0.3, -0.25) is 4.79 Å². The Morgan fingerprint density at radius 1 is 1.32 bits per heavy atom. The molecule has 0 amide bonds. The molecule has 0 saturated heterocycles. The molecular weight excluding hydrogens is 240 g/mol. The number of esters is 1. The predicted molar refractivity (Wildman–Crippen MR) is 73.5 cm³/mol. The zero-order chi connectivity index (χ0) is 13.5. The van der Waals surface area contributed by atoms with Crippen LogP contribution in [0.15, 0.2) is 42.7 Å². The third-order valence-electron chi connectivity index (χ3n) is 2.83. The van der Waals surface area contributed by atoms with Gasteiger partial charge in [0, 0.05) is 30.9 Å². The molecular formula is C15H18N2O2. The second kappa shape index (κ2) is 6.73. The van der Waals surface area contributed by atoms with Crippen LogP contribution in [0.4, 0.5) is 0 Å². The fourth-order valence-corrected chi connectivity index (χ4v) is 1.96. The van der Waals surface area contributed by atoms with Crippen molar-refractivity contribution in [3.8, 4) is 11.4 Å². The Hall–Kier alpha value is -2.10. The summed E-state index contributed by atoms with van der Waals surface area (Å²) in [5.74, 6) is 0.799. The van der Waals surface area contributed by atoms with E-state index in [1.807, 2.05) is 43.5 Å². The Kier molecular flexibility index (Phi) is 4.72. The molecule has 0 N–H and O–H groups in total. The summed E-state index contributed by atoms with van der Waals surface area (Å²) in [6.07, 6.45) is 4.93. The number of imidazole rings is 1. The molecule has 0 radical (unpaired) electrons. The molecule has 0 atom stereocenters. The van der Waals surface area contributed by atoms with Crippen LogP contribution in [0.25, 0.3) is 11.4 Å². The Morgan fingerprint density at radius 3 is 2.84 bits per heavy atom. The highest BCUT2D eigenvalue weighted by atomic mass is 16.5. The second-order valence-corrected chi connectivity index (χ2v) is 4.22. The Morgan fingerprint density at radius 2 is 2.11 bits per heavy atom. The van der Waals surface area contributed by atoms with Crippen molar-refractivity contribution < 1.29 is 9.53 Å². The molecule has 0 aliphatic carbocycles. The molecule has 0 aliphatic heterocycles. The zero-order valence-electron chi connectivity index (χ0n) is 11.1. The quantitative estimate of drug-likeness (QED) is 0.748. The summed E-state index contributed by atoms with van der Waals surface area (Å²) in [6, 6.07) is 10.0. The first-order valence-electron chi connectivity index (χ1n) is 6.53. The average molecular weight is 258 g/mol. The van der Waals surface area contributed by atoms with Gasteiger partial charge in [-0.2, -0.15) is 0 Å². The summed E-state index contributed by atoms with van der Waals surface area (Å²) < 4.78 is 6.98. The molecule has 0 saturated carbocycles. The highest BCUT2D eigenvalue weighted by molar-refractivity contribution is 5.69. The van der Waals surface area contributed by atoms with Gasteiger partial charge >= 0.3 is 5.97 Å². The lowest BCUT2D eigenvalue weighted by molar-refractivity contribution is -0.143. The molecule has 2 aromatic rings. The van der Waals surface area contributed by atoms with E-state index >= 15 is 0 Å². The van der Waals surface area contributed by atoms with Gasteiger partial charge in [0.1, 0.15) is 5.82 Å². The summed E-state index contributed by atoms with van der Waals surface area (Å²) in [6.45, 7) is 3.03. The van der Waals surface area contributed by atoms with Crippen LogP contribution in [0, 0.1) is 0 Å². The highest BCUT2D eigenvalue weighted by Crippen LogP contribution is 2.17. The van der Waals surface area contributed by atoms with Crippen LogP contribution >= 0.6 is 0 Å². The number of aromatic nitrogens is 2. The minimum atomic E-state index is -0.135. The smallest absolute Gasteiger partial charge is 0.305 e. The van der Waals surface area contributed by atoms with Crippen molar-refractivity contribution in [3.63, 3.8) is 0 Å². The van der Waals surface area contributed by atoms with Crippen molar-refractivity contribution in [3.05, 3.63) is 42.7 Å². The Labute approximate surface area is 113 Å². The van der Waals surface area contributed by atoms with Gasteiger partial charge in [-0.1, -0.05) is 30.3 Å². The van der Waals surface area contributed by atoms with Crippen LogP contribution in [0.5, 0.6) is 0 Å². The molecule has 1 aromatic carbocycles. The van der Waals surface area contributed by atoms with E-state index in [0.717, 1.165) is 24.4 Å². The number of carbonyl (C=O) groups excluding carboxylic acids is 1. The Balaban J connectivity index is 1.95. The number of carbonyl (C=O) groups is 1. The van der Waals surface area contributed by atoms with E-state index in [9.17, 15) is 4.79 Å². The lowest BCUT2D eigenvalue weighted by Crippen LogP contribution is -2.06. The van der Waals surface area contributed by atoms with Gasteiger partial charge in [0.15, 0.2) is 0 Å². The number of benzene rings is 1. The third kappa shape index (κ3) is 3.68. The maximum atomic E-state index is 11.3. The number of nitrogens with zero attached hydrogens (tertiary/aromatic N) is 2. The monoisotopic (exact) mass is 258 g/mol. The van der Waals surface area contributed by atoms with Gasteiger partial charge in [-0.25, -0.2) is 4.98 Å². The fraction of sp³-hybridized carbons (Fsp3) is 0.333. The molecule has 4 heteroatoms. The molecule has 0 fully saturated rings. The van der Waals surface area contributed by atoms with Crippen molar-refractivity contribution in [1.29, 1.82) is 0 Å². The summed E-state index contributed by atoms with van der Waals surface area (Å²) >= 11 is 0. The third-order valence-corrected chi connectivity index (χ3v) is 2.83. The normalized spacial score (nSPS) is 10.4. The van der Waals surface area contributed by atoms with Gasteiger partial charge in [-0.05, 0) is 13.3 Å². The van der Waals surface area contributed by atoms with E-state index in [2.05, 4.69) is 9.55 Å². The van der Waals surface area contributed by atoms with E-state index in [4.69, 9.17) is 4.74 Å². The minimum absolute atomic E-state index is 0.135. The largest absolute Gasteiger partial charge is 0.466 e. The van der Waals surface area contributed by atoms with Gasteiger partial charge in [0.2, 0.25) is 0 Å². The van der Waals surface area contributed by atoms with Crippen LogP contribution in [0.1, 0.15) is 19.8 Å². The molecule has 2 rings (SSSR count). The number of hydrogen-bond acceptors (Lipinski definition) is 3. The number of aryl methyl sites for hydroxylation is 1. The van der Waals surface area contributed by atoms with Crippen LogP contribution in [-0.4, -0.2) is 22.1 Å². The number of rotatable bonds is 6. The first kappa shape index (κ1) is 13.3. The van der Waals surface area contributed by atoms with Crippen LogP contribution in [0.3, 0.4) is 0 Å². The molecule has 4 nitrogen and oxygen atoms in total. The molecule has 1 aromatic heterocycles. The predicted octanol–water partition coefficient (Wildman–Crippen LogP) is 2.89. The van der Waals surface area contributed by atoms with Gasteiger partial charge in [-0.15, -0.1) is 0 Å². The van der Waals surface area contributed by atoms with Crippen LogP contribution in [-0.2, 0) is 16.1 Å². The van der Waals surface area contributed by atoms with Crippen molar-refractivity contribution in [2.24, 2.45) is 0 Å². The summed E-state index contributed by atoms with van der Waals surface area (Å²) in [7, 11) is 0. The lowest BCUT2D eigenvalue weighted by atomic mass is 10.2. The van der Waals surface area contributed by atoms with Crippen molar-refractivity contribution in [2.45, 2.75) is 26.3 Å². The van der Waals surface area contributed by atoms with Gasteiger partial charge in [0.25, 0.3) is 0 Å². The van der Waals surface area contributed by atoms with Crippen LogP contribution < -0.4 is 0 Å². The van der Waals surface area contributed by atoms with Crippen molar-refractivity contribution in [2.75, 3.05) is 6.61 Å². The fourth-order valence-electron chi connectivity index (χ4n) is 1.96. The van der Waals surface area contributed by atoms with E-state index in [0.29, 0.717) is 13.0 Å². The molecule has 0 aliphatic rings. The van der Waals surface area contributed by atoms with Crippen molar-refractivity contribution in [1.82, 2.24) is 9.55 Å². The van der Waals surface area contributed by atoms with E-state index in [1.165, 1.54) is 0 Å². The van der Waals surface area contributed by atoms with Crippen LogP contribution in [0.2, 0.25) is 0 Å². The van der Waals surface area contributed by atoms with Gasteiger partial charge in [0.05, 0.1) is 6.61 Å². The first-order valence-corrected chi connectivity index (χ1v) is 6.53. The van der Waals surface area contributed by atoms with E-state index in [-0.39, 0.29) is 5.97 Å². The van der Waals surface area contributed by atoms with Crippen molar-refractivity contribution >= 4 is 5.97 Å². The Bertz CT molecular complexity index is 520. The first-order chi connectivity index (χ1) is 9.31. The molecule has 19 heavy (non-hydrogen) atoms. The molecule has 0 bridgehead atoms. The van der Waals surface area contributed by atoms with E-state index < -0.39 is 0 Å². The van der Waals surface area contributed by atoms with Gasteiger partial charge < -0.3 is 9.30 Å². The number of ether oxygens (including phenoxy) is 1.